The van der Waals surface area contributed by atoms with E-state index in [1.165, 1.54) is 0 Å². The van der Waals surface area contributed by atoms with Gasteiger partial charge in [0.25, 0.3) is 0 Å². The first kappa shape index (κ1) is 12.5. The lowest BCUT2D eigenvalue weighted by Crippen LogP contribution is -2.31. The van der Waals surface area contributed by atoms with Crippen LogP contribution in [-0.4, -0.2) is 10.9 Å². The minimum absolute atomic E-state index is 0.000972. The Hall–Kier alpha value is -0.530. The molecule has 0 aromatic rings. The molecule has 1 N–H and O–H groups in total. The third-order valence-electron chi connectivity index (χ3n) is 2.91. The maximum Gasteiger partial charge on any atom is 0.0631 e. The molecule has 0 amide bonds. The Morgan fingerprint density at radius 1 is 1.23 bits per heavy atom. The van der Waals surface area contributed by atoms with Gasteiger partial charge in [-0.05, 0) is 18.3 Å². The number of oxime groups is 1. The van der Waals surface area contributed by atoms with Crippen LogP contribution < -0.4 is 0 Å². The Labute approximate surface area is 82.0 Å². The first-order chi connectivity index (χ1) is 5.82. The van der Waals surface area contributed by atoms with E-state index < -0.39 is 0 Å². The molecular weight excluding hydrogens is 162 g/mol. The molecule has 0 rings (SSSR count). The maximum absolute atomic E-state index is 8.95. The fourth-order valence-electron chi connectivity index (χ4n) is 1.15. The van der Waals surface area contributed by atoms with E-state index in [9.17, 15) is 0 Å². The Balaban J connectivity index is 4.59. The lowest BCUT2D eigenvalue weighted by molar-refractivity contribution is 0.286. The molecule has 0 atom stereocenters. The van der Waals surface area contributed by atoms with Crippen LogP contribution in [0.25, 0.3) is 0 Å². The van der Waals surface area contributed by atoms with E-state index in [1.807, 2.05) is 0 Å². The average Bonchev–Trinajstić information content (AvgIpc) is 1.99. The standard InChI is InChI=1S/C11H23NO/c1-8(2)7-10(12-13)11(5,6)9(3)4/h8-9,13H,7H2,1-6H3/b12-10+. The van der Waals surface area contributed by atoms with E-state index in [-0.39, 0.29) is 5.41 Å². The van der Waals surface area contributed by atoms with Crippen molar-refractivity contribution in [3.8, 4) is 0 Å². The third kappa shape index (κ3) is 3.37. The zero-order valence-electron chi connectivity index (χ0n) is 9.76. The smallest absolute Gasteiger partial charge is 0.0631 e. The molecule has 0 aliphatic carbocycles. The fraction of sp³-hybridized carbons (Fsp3) is 0.909. The molecule has 0 aliphatic heterocycles. The van der Waals surface area contributed by atoms with Crippen LogP contribution in [0.15, 0.2) is 5.16 Å². The van der Waals surface area contributed by atoms with Crippen molar-refractivity contribution >= 4 is 5.71 Å². The van der Waals surface area contributed by atoms with Gasteiger partial charge in [-0.15, -0.1) is 0 Å². The van der Waals surface area contributed by atoms with Crippen molar-refractivity contribution in [2.45, 2.75) is 48.0 Å². The van der Waals surface area contributed by atoms with E-state index in [0.29, 0.717) is 11.8 Å². The van der Waals surface area contributed by atoms with E-state index in [4.69, 9.17) is 5.21 Å². The number of rotatable bonds is 4. The maximum atomic E-state index is 8.95. The normalized spacial score (nSPS) is 14.3. The molecule has 0 heterocycles. The van der Waals surface area contributed by atoms with E-state index in [1.54, 1.807) is 0 Å². The van der Waals surface area contributed by atoms with E-state index >= 15 is 0 Å². The zero-order valence-corrected chi connectivity index (χ0v) is 9.76. The fourth-order valence-corrected chi connectivity index (χ4v) is 1.15. The van der Waals surface area contributed by atoms with Gasteiger partial charge in [-0.25, -0.2) is 0 Å². The van der Waals surface area contributed by atoms with Gasteiger partial charge in [0.05, 0.1) is 5.71 Å². The van der Waals surface area contributed by atoms with Gasteiger partial charge in [-0.2, -0.15) is 0 Å². The molecule has 0 spiro atoms. The van der Waals surface area contributed by atoms with Gasteiger partial charge >= 0.3 is 0 Å². The van der Waals surface area contributed by atoms with Gasteiger partial charge in [0.2, 0.25) is 0 Å². The predicted octanol–water partition coefficient (Wildman–Crippen LogP) is 3.54. The highest BCUT2D eigenvalue weighted by Gasteiger charge is 2.29. The molecule has 2 nitrogen and oxygen atoms in total. The number of hydrogen-bond donors (Lipinski definition) is 1. The molecular formula is C11H23NO. The van der Waals surface area contributed by atoms with E-state index in [0.717, 1.165) is 12.1 Å². The second-order valence-corrected chi connectivity index (χ2v) is 5.02. The summed E-state index contributed by atoms with van der Waals surface area (Å²) in [6.07, 6.45) is 0.877. The highest BCUT2D eigenvalue weighted by atomic mass is 16.4. The van der Waals surface area contributed by atoms with Crippen molar-refractivity contribution in [3.05, 3.63) is 0 Å². The van der Waals surface area contributed by atoms with E-state index in [2.05, 4.69) is 46.7 Å². The third-order valence-corrected chi connectivity index (χ3v) is 2.91. The molecule has 0 aliphatic rings. The molecule has 0 saturated carbocycles. The predicted molar refractivity (Wildman–Crippen MR) is 57.3 cm³/mol. The van der Waals surface area contributed by atoms with Gasteiger partial charge in [-0.3, -0.25) is 0 Å². The summed E-state index contributed by atoms with van der Waals surface area (Å²) in [5, 5.41) is 12.4. The molecule has 0 unspecified atom stereocenters. The average molecular weight is 185 g/mol. The topological polar surface area (TPSA) is 32.6 Å². The first-order valence-corrected chi connectivity index (χ1v) is 5.03. The number of nitrogens with zero attached hydrogens (tertiary/aromatic N) is 1. The van der Waals surface area contributed by atoms with Crippen molar-refractivity contribution in [1.82, 2.24) is 0 Å². The van der Waals surface area contributed by atoms with Crippen LogP contribution in [0, 0.1) is 17.3 Å². The molecule has 0 aromatic heterocycles. The van der Waals surface area contributed by atoms with Gasteiger partial charge < -0.3 is 5.21 Å². The Morgan fingerprint density at radius 3 is 1.92 bits per heavy atom. The Bertz CT molecular complexity index is 181. The summed E-state index contributed by atoms with van der Waals surface area (Å²) in [5.74, 6) is 1.04. The first-order valence-electron chi connectivity index (χ1n) is 5.03. The Kier molecular flexibility index (Phi) is 4.45. The molecule has 0 aromatic carbocycles. The van der Waals surface area contributed by atoms with Gasteiger partial charge in [-0.1, -0.05) is 46.7 Å². The van der Waals surface area contributed by atoms with Crippen LogP contribution in [0.5, 0.6) is 0 Å². The minimum atomic E-state index is -0.000972. The molecule has 0 fully saturated rings. The highest BCUT2D eigenvalue weighted by molar-refractivity contribution is 5.89. The van der Waals surface area contributed by atoms with Crippen LogP contribution in [0.2, 0.25) is 0 Å². The molecule has 0 bridgehead atoms. The minimum Gasteiger partial charge on any atom is -0.411 e. The summed E-state index contributed by atoms with van der Waals surface area (Å²) >= 11 is 0. The summed E-state index contributed by atoms with van der Waals surface area (Å²) in [7, 11) is 0. The van der Waals surface area contributed by atoms with Crippen molar-refractivity contribution in [3.63, 3.8) is 0 Å². The summed E-state index contributed by atoms with van der Waals surface area (Å²) in [4.78, 5) is 0. The summed E-state index contributed by atoms with van der Waals surface area (Å²) in [5.41, 5.74) is 0.913. The SMILES string of the molecule is CC(C)C/C(=N\O)C(C)(C)C(C)C. The molecule has 0 saturated heterocycles. The van der Waals surface area contributed by atoms with Crippen LogP contribution in [0.4, 0.5) is 0 Å². The van der Waals surface area contributed by atoms with Crippen molar-refractivity contribution < 1.29 is 5.21 Å². The van der Waals surface area contributed by atoms with Crippen molar-refractivity contribution in [1.29, 1.82) is 0 Å². The summed E-state index contributed by atoms with van der Waals surface area (Å²) in [6, 6.07) is 0. The van der Waals surface area contributed by atoms with Crippen LogP contribution in [0.3, 0.4) is 0 Å². The largest absolute Gasteiger partial charge is 0.411 e. The van der Waals surface area contributed by atoms with Crippen LogP contribution >= 0.6 is 0 Å². The van der Waals surface area contributed by atoms with Crippen LogP contribution in [-0.2, 0) is 0 Å². The van der Waals surface area contributed by atoms with Gasteiger partial charge in [0, 0.05) is 5.41 Å². The van der Waals surface area contributed by atoms with Crippen molar-refractivity contribution in [2.75, 3.05) is 0 Å². The Morgan fingerprint density at radius 2 is 1.69 bits per heavy atom. The molecule has 13 heavy (non-hydrogen) atoms. The summed E-state index contributed by atoms with van der Waals surface area (Å²) < 4.78 is 0. The quantitative estimate of drug-likeness (QED) is 0.405. The van der Waals surface area contributed by atoms with Crippen LogP contribution in [0.1, 0.15) is 48.0 Å². The molecule has 0 radical (unpaired) electrons. The number of hydrogen-bond acceptors (Lipinski definition) is 2. The summed E-state index contributed by atoms with van der Waals surface area (Å²) in [6.45, 7) is 12.9. The second-order valence-electron chi connectivity index (χ2n) is 5.02. The second kappa shape index (κ2) is 4.64. The lowest BCUT2D eigenvalue weighted by atomic mass is 9.74. The van der Waals surface area contributed by atoms with Gasteiger partial charge in [0.15, 0.2) is 0 Å². The molecule has 2 heteroatoms. The van der Waals surface area contributed by atoms with Crippen molar-refractivity contribution in [2.24, 2.45) is 22.4 Å². The van der Waals surface area contributed by atoms with Gasteiger partial charge in [0.1, 0.15) is 0 Å². The monoisotopic (exact) mass is 185 g/mol. The lowest BCUT2D eigenvalue weighted by Gasteiger charge is -2.30. The highest BCUT2D eigenvalue weighted by Crippen LogP contribution is 2.30. The zero-order chi connectivity index (χ0) is 10.6. The molecule has 78 valence electrons.